The summed E-state index contributed by atoms with van der Waals surface area (Å²) in [4.78, 5) is 13.9. The molecule has 1 fully saturated rings. The molecule has 98 valence electrons. The fourth-order valence-electron chi connectivity index (χ4n) is 2.06. The first-order valence-corrected chi connectivity index (χ1v) is 6.24. The fraction of sp³-hybridized carbons (Fsp3) is 0.462. The van der Waals surface area contributed by atoms with Gasteiger partial charge in [0.1, 0.15) is 0 Å². The average Bonchev–Trinajstić information content (AvgIpc) is 2.40. The van der Waals surface area contributed by atoms with E-state index in [9.17, 15) is 4.79 Å². The van der Waals surface area contributed by atoms with E-state index in [0.717, 1.165) is 31.9 Å². The van der Waals surface area contributed by atoms with Crippen LogP contribution in [0.5, 0.6) is 0 Å². The van der Waals surface area contributed by atoms with Crippen molar-refractivity contribution in [3.8, 4) is 0 Å². The molecule has 1 aromatic carbocycles. The Bertz CT molecular complexity index is 428. The van der Waals surface area contributed by atoms with Gasteiger partial charge in [0.15, 0.2) is 0 Å². The highest BCUT2D eigenvalue weighted by Crippen LogP contribution is 2.25. The van der Waals surface area contributed by atoms with Crippen molar-refractivity contribution >= 4 is 17.3 Å². The average molecular weight is 249 g/mol. The number of esters is 1. The number of piperazine rings is 1. The van der Waals surface area contributed by atoms with Gasteiger partial charge in [0, 0.05) is 26.2 Å². The van der Waals surface area contributed by atoms with E-state index in [-0.39, 0.29) is 5.97 Å². The van der Waals surface area contributed by atoms with Gasteiger partial charge in [-0.1, -0.05) is 0 Å². The lowest BCUT2D eigenvalue weighted by Gasteiger charge is -2.30. The monoisotopic (exact) mass is 249 g/mol. The first kappa shape index (κ1) is 12.7. The summed E-state index contributed by atoms with van der Waals surface area (Å²) in [6.45, 7) is 5.84. The van der Waals surface area contributed by atoms with Crippen LogP contribution in [0.4, 0.5) is 11.4 Å². The molecule has 3 N–H and O–H groups in total. The highest BCUT2D eigenvalue weighted by atomic mass is 16.5. The minimum Gasteiger partial charge on any atom is -0.462 e. The summed E-state index contributed by atoms with van der Waals surface area (Å²) in [7, 11) is 0. The Labute approximate surface area is 107 Å². The summed E-state index contributed by atoms with van der Waals surface area (Å²) in [5, 5.41) is 3.29. The predicted molar refractivity (Wildman–Crippen MR) is 71.9 cm³/mol. The molecule has 2 rings (SSSR count). The molecule has 18 heavy (non-hydrogen) atoms. The van der Waals surface area contributed by atoms with Gasteiger partial charge in [-0.15, -0.1) is 0 Å². The molecule has 0 unspecified atom stereocenters. The first-order chi connectivity index (χ1) is 8.72. The van der Waals surface area contributed by atoms with Crippen molar-refractivity contribution in [2.45, 2.75) is 6.92 Å². The molecule has 1 aromatic rings. The van der Waals surface area contributed by atoms with Crippen LogP contribution >= 0.6 is 0 Å². The molecule has 0 aliphatic carbocycles. The van der Waals surface area contributed by atoms with Crippen molar-refractivity contribution in [2.75, 3.05) is 43.4 Å². The Hall–Kier alpha value is -1.75. The number of carbonyl (C=O) groups is 1. The van der Waals surface area contributed by atoms with Gasteiger partial charge in [-0.2, -0.15) is 0 Å². The van der Waals surface area contributed by atoms with Gasteiger partial charge in [0.25, 0.3) is 0 Å². The number of nitrogens with two attached hydrogens (primary N) is 1. The number of benzene rings is 1. The third-order valence-electron chi connectivity index (χ3n) is 3.00. The minimum atomic E-state index is -0.297. The lowest BCUT2D eigenvalue weighted by atomic mass is 10.1. The molecule has 1 aliphatic heterocycles. The quantitative estimate of drug-likeness (QED) is 0.614. The zero-order valence-corrected chi connectivity index (χ0v) is 10.6. The number of hydrogen-bond acceptors (Lipinski definition) is 5. The van der Waals surface area contributed by atoms with Gasteiger partial charge in [0.05, 0.1) is 23.5 Å². The number of anilines is 2. The van der Waals surface area contributed by atoms with Crippen molar-refractivity contribution in [3.63, 3.8) is 0 Å². The van der Waals surface area contributed by atoms with Crippen LogP contribution in [0.2, 0.25) is 0 Å². The molecule has 1 aliphatic rings. The largest absolute Gasteiger partial charge is 0.462 e. The smallest absolute Gasteiger partial charge is 0.338 e. The molecule has 0 spiro atoms. The third kappa shape index (κ3) is 2.73. The Balaban J connectivity index is 2.23. The number of ether oxygens (including phenoxy) is 1. The van der Waals surface area contributed by atoms with Gasteiger partial charge in [-0.05, 0) is 25.1 Å². The van der Waals surface area contributed by atoms with E-state index in [1.807, 2.05) is 6.07 Å². The van der Waals surface area contributed by atoms with Crippen molar-refractivity contribution in [3.05, 3.63) is 23.8 Å². The zero-order valence-electron chi connectivity index (χ0n) is 10.6. The number of nitrogens with one attached hydrogen (secondary N) is 1. The molecular formula is C13H19N3O2. The molecule has 0 aromatic heterocycles. The number of rotatable bonds is 3. The van der Waals surface area contributed by atoms with Gasteiger partial charge >= 0.3 is 5.97 Å². The normalized spacial score (nSPS) is 15.5. The molecule has 5 heteroatoms. The second-order valence-electron chi connectivity index (χ2n) is 4.23. The second-order valence-corrected chi connectivity index (χ2v) is 4.23. The Kier molecular flexibility index (Phi) is 4.04. The summed E-state index contributed by atoms with van der Waals surface area (Å²) in [5.41, 5.74) is 8.15. The number of nitrogen functional groups attached to an aromatic ring is 1. The highest BCUT2D eigenvalue weighted by molar-refractivity contribution is 5.92. The Morgan fingerprint density at radius 3 is 2.83 bits per heavy atom. The lowest BCUT2D eigenvalue weighted by Crippen LogP contribution is -2.43. The molecule has 1 saturated heterocycles. The molecule has 1 heterocycles. The Morgan fingerprint density at radius 1 is 1.44 bits per heavy atom. The molecule has 0 radical (unpaired) electrons. The molecule has 0 bridgehead atoms. The summed E-state index contributed by atoms with van der Waals surface area (Å²) in [5.74, 6) is -0.297. The van der Waals surface area contributed by atoms with E-state index in [0.29, 0.717) is 17.9 Å². The van der Waals surface area contributed by atoms with Crippen LogP contribution in [0.25, 0.3) is 0 Å². The lowest BCUT2D eigenvalue weighted by molar-refractivity contribution is 0.0526. The Morgan fingerprint density at radius 2 is 2.17 bits per heavy atom. The molecule has 5 nitrogen and oxygen atoms in total. The first-order valence-electron chi connectivity index (χ1n) is 6.24. The maximum atomic E-state index is 11.7. The number of carbonyl (C=O) groups excluding carboxylic acids is 1. The number of nitrogens with zero attached hydrogens (tertiary/aromatic N) is 1. The van der Waals surface area contributed by atoms with Gasteiger partial charge in [-0.25, -0.2) is 4.79 Å². The standard InChI is InChI=1S/C13H19N3O2/c1-2-18-13(17)10-3-4-11(14)12(9-10)16-7-5-15-6-8-16/h3-4,9,15H,2,5-8,14H2,1H3. The van der Waals surface area contributed by atoms with Gasteiger partial charge in [0.2, 0.25) is 0 Å². The van der Waals surface area contributed by atoms with Crippen molar-refractivity contribution < 1.29 is 9.53 Å². The van der Waals surface area contributed by atoms with Crippen LogP contribution in [0, 0.1) is 0 Å². The molecule has 0 saturated carbocycles. The maximum absolute atomic E-state index is 11.7. The maximum Gasteiger partial charge on any atom is 0.338 e. The van der Waals surface area contributed by atoms with Gasteiger partial charge in [-0.3, -0.25) is 0 Å². The van der Waals surface area contributed by atoms with E-state index in [1.165, 1.54) is 0 Å². The van der Waals surface area contributed by atoms with Crippen molar-refractivity contribution in [2.24, 2.45) is 0 Å². The van der Waals surface area contributed by atoms with Crippen LogP contribution in [0.15, 0.2) is 18.2 Å². The van der Waals surface area contributed by atoms with E-state index in [2.05, 4.69) is 10.2 Å². The number of hydrogen-bond donors (Lipinski definition) is 2. The third-order valence-corrected chi connectivity index (χ3v) is 3.00. The summed E-state index contributed by atoms with van der Waals surface area (Å²) in [6, 6.07) is 5.29. The van der Waals surface area contributed by atoms with Gasteiger partial charge < -0.3 is 20.7 Å². The fourth-order valence-corrected chi connectivity index (χ4v) is 2.06. The van der Waals surface area contributed by atoms with E-state index >= 15 is 0 Å². The minimum absolute atomic E-state index is 0.297. The summed E-state index contributed by atoms with van der Waals surface area (Å²) >= 11 is 0. The molecular weight excluding hydrogens is 230 g/mol. The second kappa shape index (κ2) is 5.73. The SMILES string of the molecule is CCOC(=O)c1ccc(N)c(N2CCNCC2)c1. The van der Waals surface area contributed by atoms with Crippen LogP contribution in [0.1, 0.15) is 17.3 Å². The predicted octanol–water partition coefficient (Wildman–Crippen LogP) is 0.855. The van der Waals surface area contributed by atoms with E-state index < -0.39 is 0 Å². The summed E-state index contributed by atoms with van der Waals surface area (Å²) in [6.07, 6.45) is 0. The van der Waals surface area contributed by atoms with Crippen LogP contribution in [-0.4, -0.2) is 38.8 Å². The van der Waals surface area contributed by atoms with E-state index in [4.69, 9.17) is 10.5 Å². The molecule has 0 atom stereocenters. The van der Waals surface area contributed by atoms with E-state index in [1.54, 1.807) is 19.1 Å². The molecule has 0 amide bonds. The van der Waals surface area contributed by atoms with Crippen LogP contribution < -0.4 is 16.0 Å². The highest BCUT2D eigenvalue weighted by Gasteiger charge is 2.16. The topological polar surface area (TPSA) is 67.6 Å². The van der Waals surface area contributed by atoms with Crippen molar-refractivity contribution in [1.82, 2.24) is 5.32 Å². The zero-order chi connectivity index (χ0) is 13.0. The van der Waals surface area contributed by atoms with Crippen LogP contribution in [-0.2, 0) is 4.74 Å². The van der Waals surface area contributed by atoms with Crippen molar-refractivity contribution in [1.29, 1.82) is 0 Å². The summed E-state index contributed by atoms with van der Waals surface area (Å²) < 4.78 is 5.00. The van der Waals surface area contributed by atoms with Crippen LogP contribution in [0.3, 0.4) is 0 Å².